The van der Waals surface area contributed by atoms with Crippen molar-refractivity contribution in [1.29, 1.82) is 0 Å². The van der Waals surface area contributed by atoms with Crippen molar-refractivity contribution in [3.8, 4) is 0 Å². The maximum absolute atomic E-state index is 5.36. The van der Waals surface area contributed by atoms with Crippen molar-refractivity contribution in [3.63, 3.8) is 0 Å². The Morgan fingerprint density at radius 3 is 2.59 bits per heavy atom. The molecule has 1 aliphatic carbocycles. The van der Waals surface area contributed by atoms with Crippen LogP contribution in [0.2, 0.25) is 0 Å². The molecule has 4 N–H and O–H groups in total. The average molecular weight is 234 g/mol. The first-order valence-corrected chi connectivity index (χ1v) is 6.36. The molecule has 2 unspecified atom stereocenters. The van der Waals surface area contributed by atoms with E-state index in [-0.39, 0.29) is 0 Å². The molecule has 0 amide bonds. The second-order valence-corrected chi connectivity index (χ2v) is 5.33. The van der Waals surface area contributed by atoms with E-state index >= 15 is 0 Å². The molecule has 4 nitrogen and oxygen atoms in total. The second kappa shape index (κ2) is 5.36. The van der Waals surface area contributed by atoms with Gasteiger partial charge in [0.1, 0.15) is 5.82 Å². The number of rotatable bonds is 3. The fourth-order valence-corrected chi connectivity index (χ4v) is 2.90. The maximum atomic E-state index is 5.36. The van der Waals surface area contributed by atoms with Gasteiger partial charge in [0.25, 0.3) is 0 Å². The van der Waals surface area contributed by atoms with Crippen molar-refractivity contribution >= 4 is 11.5 Å². The molecule has 0 spiro atoms. The molecular formula is C13H22N4. The molecule has 0 aliphatic heterocycles. The summed E-state index contributed by atoms with van der Waals surface area (Å²) in [5.41, 5.74) is 3.67. The predicted octanol–water partition coefficient (Wildman–Crippen LogP) is 2.60. The highest BCUT2D eigenvalue weighted by Gasteiger charge is 2.23. The van der Waals surface area contributed by atoms with Crippen molar-refractivity contribution in [1.82, 2.24) is 4.98 Å². The molecule has 94 valence electrons. The lowest BCUT2D eigenvalue weighted by atomic mass is 9.80. The number of hydrogen-bond donors (Lipinski definition) is 3. The van der Waals surface area contributed by atoms with Crippen LogP contribution in [0.15, 0.2) is 18.3 Å². The topological polar surface area (TPSA) is 63.0 Å². The number of anilines is 2. The maximum Gasteiger partial charge on any atom is 0.141 e. The van der Waals surface area contributed by atoms with Gasteiger partial charge in [0.05, 0.1) is 0 Å². The molecule has 0 aromatic carbocycles. The van der Waals surface area contributed by atoms with Gasteiger partial charge in [0.2, 0.25) is 0 Å². The van der Waals surface area contributed by atoms with E-state index in [1.54, 1.807) is 6.20 Å². The number of hydrazine groups is 1. The van der Waals surface area contributed by atoms with Crippen LogP contribution in [0.3, 0.4) is 0 Å². The van der Waals surface area contributed by atoms with Crippen molar-refractivity contribution in [2.75, 3.05) is 10.7 Å². The predicted molar refractivity (Wildman–Crippen MR) is 71.6 cm³/mol. The summed E-state index contributed by atoms with van der Waals surface area (Å²) in [6.45, 7) is 4.67. The summed E-state index contributed by atoms with van der Waals surface area (Å²) >= 11 is 0. The summed E-state index contributed by atoms with van der Waals surface area (Å²) in [5.74, 6) is 7.68. The van der Waals surface area contributed by atoms with E-state index in [1.807, 2.05) is 12.1 Å². The summed E-state index contributed by atoms with van der Waals surface area (Å²) in [5, 5.41) is 3.58. The highest BCUT2D eigenvalue weighted by molar-refractivity contribution is 5.51. The molecule has 1 aromatic rings. The van der Waals surface area contributed by atoms with Crippen molar-refractivity contribution in [3.05, 3.63) is 18.3 Å². The van der Waals surface area contributed by atoms with Crippen molar-refractivity contribution in [2.45, 2.75) is 39.2 Å². The minimum Gasteiger partial charge on any atom is -0.382 e. The summed E-state index contributed by atoms with van der Waals surface area (Å²) in [6.07, 6.45) is 5.62. The zero-order valence-electron chi connectivity index (χ0n) is 10.6. The first-order valence-electron chi connectivity index (χ1n) is 6.36. The fourth-order valence-electron chi connectivity index (χ4n) is 2.90. The molecule has 2 rings (SSSR count). The van der Waals surface area contributed by atoms with Crippen LogP contribution in [-0.4, -0.2) is 11.0 Å². The van der Waals surface area contributed by atoms with E-state index in [4.69, 9.17) is 5.84 Å². The number of aromatic nitrogens is 1. The van der Waals surface area contributed by atoms with E-state index in [1.165, 1.54) is 19.3 Å². The van der Waals surface area contributed by atoms with Crippen LogP contribution < -0.4 is 16.6 Å². The molecule has 1 aromatic heterocycles. The largest absolute Gasteiger partial charge is 0.382 e. The van der Waals surface area contributed by atoms with Gasteiger partial charge in [-0.1, -0.05) is 13.8 Å². The minimum atomic E-state index is 0.571. The third-order valence-electron chi connectivity index (χ3n) is 3.46. The number of nitrogen functional groups attached to an aromatic ring is 1. The Bertz CT molecular complexity index is 356. The van der Waals surface area contributed by atoms with Crippen LogP contribution in [0.1, 0.15) is 33.1 Å². The highest BCUT2D eigenvalue weighted by atomic mass is 15.2. The first kappa shape index (κ1) is 12.2. The molecule has 1 fully saturated rings. The lowest BCUT2D eigenvalue weighted by Crippen LogP contribution is -2.30. The van der Waals surface area contributed by atoms with E-state index in [0.29, 0.717) is 11.9 Å². The zero-order valence-corrected chi connectivity index (χ0v) is 10.6. The fraction of sp³-hybridized carbons (Fsp3) is 0.615. The van der Waals surface area contributed by atoms with E-state index in [9.17, 15) is 0 Å². The quantitative estimate of drug-likeness (QED) is 0.555. The summed E-state index contributed by atoms with van der Waals surface area (Å²) < 4.78 is 0. The van der Waals surface area contributed by atoms with Gasteiger partial charge < -0.3 is 10.7 Å². The van der Waals surface area contributed by atoms with Crippen LogP contribution >= 0.6 is 0 Å². The van der Waals surface area contributed by atoms with E-state index < -0.39 is 0 Å². The Hall–Kier alpha value is -1.29. The lowest BCUT2D eigenvalue weighted by Gasteiger charge is -2.32. The van der Waals surface area contributed by atoms with E-state index in [0.717, 1.165) is 17.5 Å². The van der Waals surface area contributed by atoms with Crippen molar-refractivity contribution in [2.24, 2.45) is 17.7 Å². The van der Waals surface area contributed by atoms with Crippen molar-refractivity contribution < 1.29 is 0 Å². The van der Waals surface area contributed by atoms with Crippen LogP contribution in [-0.2, 0) is 0 Å². The molecule has 1 heterocycles. The average Bonchev–Trinajstić information content (AvgIpc) is 2.28. The summed E-state index contributed by atoms with van der Waals surface area (Å²) in [7, 11) is 0. The highest BCUT2D eigenvalue weighted by Crippen LogP contribution is 2.30. The van der Waals surface area contributed by atoms with Gasteiger partial charge in [-0.25, -0.2) is 10.8 Å². The molecule has 17 heavy (non-hydrogen) atoms. The van der Waals surface area contributed by atoms with Gasteiger partial charge in [-0.05, 0) is 37.2 Å². The minimum absolute atomic E-state index is 0.571. The lowest BCUT2D eigenvalue weighted by molar-refractivity contribution is 0.281. The number of nitrogens with two attached hydrogens (primary N) is 1. The number of nitrogens with one attached hydrogen (secondary N) is 2. The summed E-state index contributed by atoms with van der Waals surface area (Å²) in [6, 6.07) is 4.51. The van der Waals surface area contributed by atoms with Gasteiger partial charge in [-0.15, -0.1) is 0 Å². The molecule has 4 heteroatoms. The molecule has 0 bridgehead atoms. The SMILES string of the molecule is CC1CC(C)CC(Nc2ccnc(NN)c2)C1. The number of hydrogen-bond acceptors (Lipinski definition) is 4. The van der Waals surface area contributed by atoms with Crippen LogP contribution in [0.5, 0.6) is 0 Å². The molecule has 0 saturated heterocycles. The molecular weight excluding hydrogens is 212 g/mol. The van der Waals surface area contributed by atoms with Crippen LogP contribution in [0.4, 0.5) is 11.5 Å². The van der Waals surface area contributed by atoms with Gasteiger partial charge in [-0.3, -0.25) is 0 Å². The standard InChI is InChI=1S/C13H22N4/c1-9-5-10(2)7-12(6-9)16-11-3-4-15-13(8-11)17-14/h3-4,8-10,12H,5-7,14H2,1-2H3,(H2,15,16,17). The molecule has 1 aliphatic rings. The Balaban J connectivity index is 1.99. The third-order valence-corrected chi connectivity index (χ3v) is 3.46. The molecule has 2 atom stereocenters. The van der Waals surface area contributed by atoms with Crippen LogP contribution in [0.25, 0.3) is 0 Å². The van der Waals surface area contributed by atoms with Gasteiger partial charge in [-0.2, -0.15) is 0 Å². The molecule has 0 radical (unpaired) electrons. The zero-order chi connectivity index (χ0) is 12.3. The number of pyridine rings is 1. The molecule has 1 saturated carbocycles. The monoisotopic (exact) mass is 234 g/mol. The Kier molecular flexibility index (Phi) is 3.84. The van der Waals surface area contributed by atoms with Crippen LogP contribution in [0, 0.1) is 11.8 Å². The second-order valence-electron chi connectivity index (χ2n) is 5.33. The summed E-state index contributed by atoms with van der Waals surface area (Å²) in [4.78, 5) is 4.10. The third kappa shape index (κ3) is 3.33. The smallest absolute Gasteiger partial charge is 0.141 e. The Morgan fingerprint density at radius 2 is 1.94 bits per heavy atom. The Morgan fingerprint density at radius 1 is 1.24 bits per heavy atom. The van der Waals surface area contributed by atoms with Gasteiger partial charge in [0.15, 0.2) is 0 Å². The van der Waals surface area contributed by atoms with Gasteiger partial charge >= 0.3 is 0 Å². The Labute approximate surface area is 103 Å². The van der Waals surface area contributed by atoms with Gasteiger partial charge in [0, 0.05) is 24.0 Å². The van der Waals surface area contributed by atoms with E-state index in [2.05, 4.69) is 29.6 Å². The normalized spacial score (nSPS) is 28.8. The first-order chi connectivity index (χ1) is 8.17. The number of nitrogens with zero attached hydrogens (tertiary/aromatic N) is 1.